The first-order valence-corrected chi connectivity index (χ1v) is 9.19. The van der Waals surface area contributed by atoms with Gasteiger partial charge < -0.3 is 4.55 Å². The number of halogens is 3. The summed E-state index contributed by atoms with van der Waals surface area (Å²) >= 11 is 0. The van der Waals surface area contributed by atoms with Crippen LogP contribution >= 0.6 is 0 Å². The summed E-state index contributed by atoms with van der Waals surface area (Å²) in [5, 5.41) is 0. The standard InChI is InChI=1S/C13H26N.CHF3O3S/c1-2-3-4-5-6-7-8-11-14-12-9-10-13-14;2-1(3,4)8(5,6)7/h12H,2-11,13H2,1H3;(H,5,6,7)/q+1;/p-1. The molecule has 1 rings (SSSR count). The van der Waals surface area contributed by atoms with Gasteiger partial charge in [0.15, 0.2) is 10.1 Å². The van der Waals surface area contributed by atoms with Crippen molar-refractivity contribution in [3.05, 3.63) is 0 Å². The third-order valence-electron chi connectivity index (χ3n) is 3.37. The van der Waals surface area contributed by atoms with Gasteiger partial charge in [-0.1, -0.05) is 39.0 Å². The van der Waals surface area contributed by atoms with E-state index in [2.05, 4.69) is 17.7 Å². The van der Waals surface area contributed by atoms with Crippen molar-refractivity contribution in [1.29, 1.82) is 0 Å². The van der Waals surface area contributed by atoms with Crippen molar-refractivity contribution in [3.8, 4) is 0 Å². The largest absolute Gasteiger partial charge is 0.741 e. The average molecular weight is 345 g/mol. The molecule has 0 aliphatic carbocycles. The predicted octanol–water partition coefficient (Wildman–Crippen LogP) is 3.67. The van der Waals surface area contributed by atoms with E-state index in [1.54, 1.807) is 0 Å². The molecule has 0 unspecified atom stereocenters. The highest BCUT2D eigenvalue weighted by molar-refractivity contribution is 7.86. The Labute approximate surface area is 131 Å². The van der Waals surface area contributed by atoms with Crippen molar-refractivity contribution in [2.45, 2.75) is 70.2 Å². The molecule has 0 N–H and O–H groups in total. The van der Waals surface area contributed by atoms with E-state index in [1.165, 1.54) is 70.9 Å². The molecule has 1 aliphatic rings. The summed E-state index contributed by atoms with van der Waals surface area (Å²) in [5.74, 6) is 0. The molecule has 1 aliphatic heterocycles. The summed E-state index contributed by atoms with van der Waals surface area (Å²) in [4.78, 5) is 0. The van der Waals surface area contributed by atoms with Crippen LogP contribution < -0.4 is 0 Å². The molecular weight excluding hydrogens is 319 g/mol. The molecule has 0 fully saturated rings. The smallest absolute Gasteiger partial charge is 0.485 e. The zero-order valence-corrected chi connectivity index (χ0v) is 13.9. The molecule has 22 heavy (non-hydrogen) atoms. The van der Waals surface area contributed by atoms with Gasteiger partial charge in [0.2, 0.25) is 0 Å². The van der Waals surface area contributed by atoms with Gasteiger partial charge in [-0.2, -0.15) is 13.2 Å². The van der Waals surface area contributed by atoms with Gasteiger partial charge in [-0.15, -0.1) is 0 Å². The Bertz CT molecular complexity index is 420. The summed E-state index contributed by atoms with van der Waals surface area (Å²) in [6.07, 6.45) is 15.1. The first kappa shape index (κ1) is 21.4. The third kappa shape index (κ3) is 11.0. The average Bonchev–Trinajstić information content (AvgIpc) is 2.89. The minimum absolute atomic E-state index is 1.31. The molecule has 1 heterocycles. The van der Waals surface area contributed by atoms with E-state index in [1.807, 2.05) is 0 Å². The number of nitrogens with zero attached hydrogens (tertiary/aromatic N) is 1. The Hall–Kier alpha value is -0.630. The molecule has 0 saturated heterocycles. The fraction of sp³-hybridized carbons (Fsp3) is 0.929. The summed E-state index contributed by atoms with van der Waals surface area (Å²) in [6.45, 7) is 4.91. The second-order valence-corrected chi connectivity index (χ2v) is 6.75. The van der Waals surface area contributed by atoms with Crippen LogP contribution in [0.25, 0.3) is 0 Å². The van der Waals surface area contributed by atoms with Crippen LogP contribution in [0.2, 0.25) is 0 Å². The maximum atomic E-state index is 10.7. The number of alkyl halides is 3. The number of unbranched alkanes of at least 4 members (excludes halogenated alkanes) is 6. The zero-order valence-electron chi connectivity index (χ0n) is 13.1. The summed E-state index contributed by atoms with van der Waals surface area (Å²) in [7, 11) is -6.09. The second kappa shape index (κ2) is 11.0. The number of hydrogen-bond acceptors (Lipinski definition) is 3. The summed E-state index contributed by atoms with van der Waals surface area (Å²) < 4.78 is 61.4. The zero-order chi connectivity index (χ0) is 17.1. The Balaban J connectivity index is 0.000000472. The molecule has 8 heteroatoms. The molecule has 0 aromatic rings. The number of hydrogen-bond donors (Lipinski definition) is 0. The molecule has 0 saturated carbocycles. The Morgan fingerprint density at radius 3 is 2.00 bits per heavy atom. The van der Waals surface area contributed by atoms with E-state index in [0.29, 0.717) is 0 Å². The fourth-order valence-electron chi connectivity index (χ4n) is 2.13. The molecule has 0 spiro atoms. The highest BCUT2D eigenvalue weighted by atomic mass is 32.2. The van der Waals surface area contributed by atoms with Crippen LogP contribution in [0.5, 0.6) is 0 Å². The van der Waals surface area contributed by atoms with Crippen molar-refractivity contribution < 1.29 is 30.7 Å². The van der Waals surface area contributed by atoms with Gasteiger partial charge in [0.05, 0.1) is 0 Å². The molecular formula is C14H26F3NO3S. The number of rotatable bonds is 8. The van der Waals surface area contributed by atoms with Crippen molar-refractivity contribution in [2.75, 3.05) is 13.1 Å². The minimum atomic E-state index is -6.09. The molecule has 132 valence electrons. The van der Waals surface area contributed by atoms with Crippen LogP contribution in [0.1, 0.15) is 64.7 Å². The highest BCUT2D eigenvalue weighted by Gasteiger charge is 2.36. The normalized spacial score (nSPS) is 15.2. The van der Waals surface area contributed by atoms with Gasteiger partial charge in [-0.25, -0.2) is 13.0 Å². The molecule has 0 aromatic heterocycles. The third-order valence-corrected chi connectivity index (χ3v) is 3.94. The van der Waals surface area contributed by atoms with Gasteiger partial charge in [0.1, 0.15) is 19.3 Å². The lowest BCUT2D eigenvalue weighted by Crippen LogP contribution is -2.21. The molecule has 0 bridgehead atoms. The second-order valence-electron chi connectivity index (χ2n) is 5.38. The van der Waals surface area contributed by atoms with Gasteiger partial charge in [0.25, 0.3) is 0 Å². The summed E-state index contributed by atoms with van der Waals surface area (Å²) in [6, 6.07) is 0. The predicted molar refractivity (Wildman–Crippen MR) is 79.0 cm³/mol. The van der Waals surface area contributed by atoms with Crippen LogP contribution in [-0.4, -0.2) is 42.4 Å². The molecule has 0 amide bonds. The topological polar surface area (TPSA) is 60.2 Å². The summed E-state index contributed by atoms with van der Waals surface area (Å²) in [5.41, 5.74) is -5.65. The molecule has 4 nitrogen and oxygen atoms in total. The van der Waals surface area contributed by atoms with Gasteiger partial charge in [-0.3, -0.25) is 0 Å². The maximum absolute atomic E-state index is 10.7. The first-order valence-electron chi connectivity index (χ1n) is 7.78. The lowest BCUT2D eigenvalue weighted by Gasteiger charge is -2.08. The Morgan fingerprint density at radius 1 is 1.09 bits per heavy atom. The van der Waals surface area contributed by atoms with Crippen LogP contribution in [0.4, 0.5) is 13.2 Å². The van der Waals surface area contributed by atoms with Gasteiger partial charge in [-0.05, 0) is 6.42 Å². The lowest BCUT2D eigenvalue weighted by molar-refractivity contribution is -0.516. The Morgan fingerprint density at radius 2 is 1.59 bits per heavy atom. The molecule has 0 atom stereocenters. The molecule has 0 aromatic carbocycles. The van der Waals surface area contributed by atoms with Gasteiger partial charge in [0, 0.05) is 19.3 Å². The van der Waals surface area contributed by atoms with E-state index < -0.39 is 15.6 Å². The van der Waals surface area contributed by atoms with E-state index in [0.717, 1.165) is 0 Å². The van der Waals surface area contributed by atoms with Crippen LogP contribution in [0, 0.1) is 0 Å². The Kier molecular flexibility index (Phi) is 10.7. The van der Waals surface area contributed by atoms with E-state index in [4.69, 9.17) is 13.0 Å². The minimum Gasteiger partial charge on any atom is -0.741 e. The van der Waals surface area contributed by atoms with Crippen LogP contribution in [-0.2, 0) is 10.1 Å². The van der Waals surface area contributed by atoms with E-state index in [9.17, 15) is 13.2 Å². The monoisotopic (exact) mass is 345 g/mol. The SMILES string of the molecule is CCCCCCCCC[N+]1=CCCC1.O=S(=O)([O-])C(F)(F)F. The van der Waals surface area contributed by atoms with E-state index >= 15 is 0 Å². The van der Waals surface area contributed by atoms with Gasteiger partial charge >= 0.3 is 5.51 Å². The van der Waals surface area contributed by atoms with E-state index in [-0.39, 0.29) is 0 Å². The quantitative estimate of drug-likeness (QED) is 0.292. The van der Waals surface area contributed by atoms with Crippen molar-refractivity contribution in [3.63, 3.8) is 0 Å². The fourth-order valence-corrected chi connectivity index (χ4v) is 2.13. The highest BCUT2D eigenvalue weighted by Crippen LogP contribution is 2.20. The van der Waals surface area contributed by atoms with Crippen LogP contribution in [0.15, 0.2) is 0 Å². The van der Waals surface area contributed by atoms with Crippen molar-refractivity contribution >= 4 is 16.3 Å². The first-order chi connectivity index (χ1) is 10.2. The van der Waals surface area contributed by atoms with Crippen LogP contribution in [0.3, 0.4) is 0 Å². The van der Waals surface area contributed by atoms with Crippen molar-refractivity contribution in [1.82, 2.24) is 0 Å². The molecule has 0 radical (unpaired) electrons. The lowest BCUT2D eigenvalue weighted by atomic mass is 10.1. The maximum Gasteiger partial charge on any atom is 0.485 e. The van der Waals surface area contributed by atoms with Crippen molar-refractivity contribution in [2.24, 2.45) is 0 Å².